The Labute approximate surface area is 167 Å². The molecule has 28 heavy (non-hydrogen) atoms. The van der Waals surface area contributed by atoms with E-state index in [-0.39, 0.29) is 11.8 Å². The Morgan fingerprint density at radius 2 is 1.82 bits per heavy atom. The van der Waals surface area contributed by atoms with Crippen LogP contribution in [0.15, 0.2) is 41.8 Å². The van der Waals surface area contributed by atoms with Crippen LogP contribution in [-0.4, -0.2) is 23.9 Å². The number of aromatic nitrogens is 1. The summed E-state index contributed by atoms with van der Waals surface area (Å²) in [5.41, 5.74) is 4.87. The van der Waals surface area contributed by atoms with Gasteiger partial charge in [-0.15, -0.1) is 11.3 Å². The summed E-state index contributed by atoms with van der Waals surface area (Å²) >= 11 is 1.33. The number of rotatable bonds is 5. The summed E-state index contributed by atoms with van der Waals surface area (Å²) in [6, 6.07) is 10.8. The van der Waals surface area contributed by atoms with Gasteiger partial charge in [-0.25, -0.2) is 4.98 Å². The number of ether oxygens (including phenoxy) is 1. The molecule has 0 bridgehead atoms. The normalized spacial score (nSPS) is 10.4. The number of carbonyl (C=O) groups is 2. The molecule has 0 spiro atoms. The van der Waals surface area contributed by atoms with Crippen molar-refractivity contribution in [1.29, 1.82) is 0 Å². The molecule has 6 nitrogen and oxygen atoms in total. The van der Waals surface area contributed by atoms with E-state index in [2.05, 4.69) is 15.6 Å². The average molecular weight is 395 g/mol. The van der Waals surface area contributed by atoms with Crippen molar-refractivity contribution in [2.45, 2.75) is 20.8 Å². The number of amides is 2. The molecule has 144 valence electrons. The summed E-state index contributed by atoms with van der Waals surface area (Å²) in [6.07, 6.45) is 0. The Morgan fingerprint density at radius 3 is 2.54 bits per heavy atom. The van der Waals surface area contributed by atoms with Gasteiger partial charge in [0.1, 0.15) is 5.75 Å². The summed E-state index contributed by atoms with van der Waals surface area (Å²) in [7, 11) is 1.56. The van der Waals surface area contributed by atoms with Gasteiger partial charge in [-0.2, -0.15) is 0 Å². The fourth-order valence-electron chi connectivity index (χ4n) is 2.71. The Bertz CT molecular complexity index is 1040. The Morgan fingerprint density at radius 1 is 1.07 bits per heavy atom. The van der Waals surface area contributed by atoms with E-state index in [1.807, 2.05) is 31.4 Å². The van der Waals surface area contributed by atoms with Crippen molar-refractivity contribution in [3.05, 3.63) is 58.5 Å². The van der Waals surface area contributed by atoms with E-state index in [0.29, 0.717) is 27.8 Å². The Hall–Kier alpha value is -3.19. The standard InChI is InChI=1S/C21H21N3O3S/c1-12-8-17(18(9-13(12)2)22-14(3)25)19-11-28-21(23-19)24-20(26)15-6-5-7-16(10-15)27-4/h5-11H,1-4H3,(H,22,25)(H,23,24,26). The molecule has 0 saturated heterocycles. The van der Waals surface area contributed by atoms with Gasteiger partial charge in [0.05, 0.1) is 18.5 Å². The van der Waals surface area contributed by atoms with Crippen LogP contribution >= 0.6 is 11.3 Å². The molecule has 0 atom stereocenters. The van der Waals surface area contributed by atoms with Crippen LogP contribution in [0.25, 0.3) is 11.3 Å². The van der Waals surface area contributed by atoms with Crippen LogP contribution in [0, 0.1) is 13.8 Å². The lowest BCUT2D eigenvalue weighted by Gasteiger charge is -2.11. The number of hydrogen-bond acceptors (Lipinski definition) is 5. The summed E-state index contributed by atoms with van der Waals surface area (Å²) < 4.78 is 5.16. The number of carbonyl (C=O) groups excluding carboxylic acids is 2. The van der Waals surface area contributed by atoms with Crippen molar-refractivity contribution in [3.8, 4) is 17.0 Å². The molecule has 7 heteroatoms. The first-order chi connectivity index (χ1) is 13.4. The maximum Gasteiger partial charge on any atom is 0.257 e. The van der Waals surface area contributed by atoms with Crippen molar-refractivity contribution in [1.82, 2.24) is 4.98 Å². The lowest BCUT2D eigenvalue weighted by molar-refractivity contribution is -0.114. The third kappa shape index (κ3) is 4.37. The maximum absolute atomic E-state index is 12.5. The molecule has 1 heterocycles. The monoisotopic (exact) mass is 395 g/mol. The molecule has 0 aliphatic heterocycles. The van der Waals surface area contributed by atoms with E-state index >= 15 is 0 Å². The van der Waals surface area contributed by atoms with Gasteiger partial charge < -0.3 is 10.1 Å². The number of nitrogens with zero attached hydrogens (tertiary/aromatic N) is 1. The zero-order valence-corrected chi connectivity index (χ0v) is 16.9. The Balaban J connectivity index is 1.87. The first kappa shape index (κ1) is 19.6. The molecule has 3 aromatic rings. The molecule has 0 saturated carbocycles. The fraction of sp³-hybridized carbons (Fsp3) is 0.190. The molecule has 0 unspecified atom stereocenters. The lowest BCUT2D eigenvalue weighted by atomic mass is 10.0. The highest BCUT2D eigenvalue weighted by Gasteiger charge is 2.14. The van der Waals surface area contributed by atoms with Gasteiger partial charge in [-0.05, 0) is 55.3 Å². The van der Waals surface area contributed by atoms with Crippen molar-refractivity contribution >= 4 is 34.0 Å². The third-order valence-corrected chi connectivity index (χ3v) is 5.03. The minimum atomic E-state index is -0.262. The third-order valence-electron chi connectivity index (χ3n) is 4.28. The van der Waals surface area contributed by atoms with Gasteiger partial charge >= 0.3 is 0 Å². The van der Waals surface area contributed by atoms with Crippen LogP contribution in [-0.2, 0) is 4.79 Å². The minimum absolute atomic E-state index is 0.147. The number of anilines is 2. The number of benzene rings is 2. The van der Waals surface area contributed by atoms with Crippen molar-refractivity contribution in [3.63, 3.8) is 0 Å². The molecule has 1 aromatic heterocycles. The molecular weight excluding hydrogens is 374 g/mol. The molecule has 0 aliphatic carbocycles. The second kappa shape index (κ2) is 8.22. The average Bonchev–Trinajstić information content (AvgIpc) is 3.12. The van der Waals surface area contributed by atoms with Crippen molar-refractivity contribution < 1.29 is 14.3 Å². The van der Waals surface area contributed by atoms with E-state index in [1.54, 1.807) is 31.4 Å². The van der Waals surface area contributed by atoms with E-state index in [4.69, 9.17) is 4.74 Å². The van der Waals surface area contributed by atoms with Crippen molar-refractivity contribution in [2.24, 2.45) is 0 Å². The van der Waals surface area contributed by atoms with Crippen LogP contribution in [0.1, 0.15) is 28.4 Å². The summed E-state index contributed by atoms with van der Waals surface area (Å²) in [5.74, 6) is 0.204. The van der Waals surface area contributed by atoms with Crippen LogP contribution in [0.3, 0.4) is 0 Å². The summed E-state index contributed by atoms with van der Waals surface area (Å²) in [6.45, 7) is 5.47. The highest BCUT2D eigenvalue weighted by molar-refractivity contribution is 7.14. The van der Waals surface area contributed by atoms with Crippen LogP contribution in [0.4, 0.5) is 10.8 Å². The van der Waals surface area contributed by atoms with E-state index in [1.165, 1.54) is 18.3 Å². The molecule has 0 aliphatic rings. The highest BCUT2D eigenvalue weighted by Crippen LogP contribution is 2.33. The number of aryl methyl sites for hydroxylation is 2. The summed E-state index contributed by atoms with van der Waals surface area (Å²) in [4.78, 5) is 28.6. The first-order valence-corrected chi connectivity index (χ1v) is 9.55. The highest BCUT2D eigenvalue weighted by atomic mass is 32.1. The molecule has 2 aromatic carbocycles. The lowest BCUT2D eigenvalue weighted by Crippen LogP contribution is -2.11. The Kier molecular flexibility index (Phi) is 5.75. The molecule has 3 rings (SSSR count). The fourth-order valence-corrected chi connectivity index (χ4v) is 3.42. The first-order valence-electron chi connectivity index (χ1n) is 8.67. The zero-order valence-electron chi connectivity index (χ0n) is 16.1. The predicted molar refractivity (Wildman–Crippen MR) is 112 cm³/mol. The number of nitrogens with one attached hydrogen (secondary N) is 2. The largest absolute Gasteiger partial charge is 0.497 e. The van der Waals surface area contributed by atoms with Gasteiger partial charge in [0.25, 0.3) is 5.91 Å². The summed E-state index contributed by atoms with van der Waals surface area (Å²) in [5, 5.41) is 8.00. The van der Waals surface area contributed by atoms with E-state index in [9.17, 15) is 9.59 Å². The smallest absolute Gasteiger partial charge is 0.257 e. The molecule has 2 amide bonds. The number of hydrogen-bond donors (Lipinski definition) is 2. The molecule has 2 N–H and O–H groups in total. The number of thiazole rings is 1. The van der Waals surface area contributed by atoms with Gasteiger partial charge in [-0.3, -0.25) is 14.9 Å². The van der Waals surface area contributed by atoms with Gasteiger partial charge in [0.15, 0.2) is 5.13 Å². The molecule has 0 fully saturated rings. The van der Waals surface area contributed by atoms with Gasteiger partial charge in [0, 0.05) is 23.4 Å². The van der Waals surface area contributed by atoms with Crippen LogP contribution in [0.5, 0.6) is 5.75 Å². The van der Waals surface area contributed by atoms with Gasteiger partial charge in [0.2, 0.25) is 5.91 Å². The second-order valence-electron chi connectivity index (χ2n) is 6.39. The van der Waals surface area contributed by atoms with Crippen LogP contribution < -0.4 is 15.4 Å². The maximum atomic E-state index is 12.5. The van der Waals surface area contributed by atoms with Crippen LogP contribution in [0.2, 0.25) is 0 Å². The SMILES string of the molecule is COc1cccc(C(=O)Nc2nc(-c3cc(C)c(C)cc3NC(C)=O)cs2)c1. The second-order valence-corrected chi connectivity index (χ2v) is 7.25. The minimum Gasteiger partial charge on any atom is -0.497 e. The zero-order chi connectivity index (χ0) is 20.3. The predicted octanol–water partition coefficient (Wildman–Crippen LogP) is 4.65. The van der Waals surface area contributed by atoms with E-state index in [0.717, 1.165) is 16.7 Å². The van der Waals surface area contributed by atoms with E-state index < -0.39 is 0 Å². The molecular formula is C21H21N3O3S. The quantitative estimate of drug-likeness (QED) is 0.659. The van der Waals surface area contributed by atoms with Gasteiger partial charge in [-0.1, -0.05) is 6.07 Å². The molecule has 0 radical (unpaired) electrons. The topological polar surface area (TPSA) is 80.3 Å². The van der Waals surface area contributed by atoms with Crippen molar-refractivity contribution in [2.75, 3.05) is 17.7 Å². The number of methoxy groups -OCH3 is 1.